The van der Waals surface area contributed by atoms with Crippen molar-refractivity contribution in [2.24, 2.45) is 11.8 Å². The van der Waals surface area contributed by atoms with Gasteiger partial charge in [-0.15, -0.1) is 0 Å². The van der Waals surface area contributed by atoms with Gasteiger partial charge in [0.25, 0.3) is 5.91 Å². The number of ether oxygens (including phenoxy) is 4. The Labute approximate surface area is 211 Å². The Morgan fingerprint density at radius 3 is 2.58 bits per heavy atom. The van der Waals surface area contributed by atoms with Crippen molar-refractivity contribution in [3.05, 3.63) is 53.9 Å². The Morgan fingerprint density at radius 1 is 1.14 bits per heavy atom. The van der Waals surface area contributed by atoms with E-state index in [-0.39, 0.29) is 29.2 Å². The molecule has 1 amide bonds. The number of benzene rings is 1. The van der Waals surface area contributed by atoms with Gasteiger partial charge in [-0.1, -0.05) is 43.7 Å². The van der Waals surface area contributed by atoms with Crippen molar-refractivity contribution in [2.45, 2.75) is 58.6 Å². The maximum Gasteiger partial charge on any atom is 0.328 e. The van der Waals surface area contributed by atoms with Gasteiger partial charge in [-0.25, -0.2) is 9.78 Å². The Bertz CT molecular complexity index is 1040. The van der Waals surface area contributed by atoms with Crippen LogP contribution in [-0.2, 0) is 25.5 Å². The van der Waals surface area contributed by atoms with Gasteiger partial charge in [0.1, 0.15) is 12.1 Å². The third kappa shape index (κ3) is 7.19. The lowest BCUT2D eigenvalue weighted by Gasteiger charge is -2.28. The summed E-state index contributed by atoms with van der Waals surface area (Å²) in [7, 11) is 1.42. The van der Waals surface area contributed by atoms with E-state index < -0.39 is 30.7 Å². The van der Waals surface area contributed by atoms with E-state index in [2.05, 4.69) is 29.4 Å². The minimum Gasteiger partial charge on any atom is -0.493 e. The molecule has 3 rings (SSSR count). The zero-order valence-electron chi connectivity index (χ0n) is 21.2. The molecule has 194 valence electrons. The standard InChI is InChI=1S/C27H34N2O7/c1-17-18(2)36-27(32)22(12-8-11-21(17)15-20-9-6-5-7-10-20)29-26(31)24-25(35-16-34-19(3)30)23(33-4)13-14-28-24/h5-7,9-10,13-14,17-18,21-22H,8,11-12,15-16H2,1-4H3,(H,29,31)/t17-,18-,21+,22-/m0/s1. The van der Waals surface area contributed by atoms with Crippen molar-refractivity contribution in [2.75, 3.05) is 13.9 Å². The van der Waals surface area contributed by atoms with Gasteiger partial charge in [0, 0.05) is 19.2 Å². The second kappa shape index (κ2) is 12.9. The molecule has 36 heavy (non-hydrogen) atoms. The number of nitrogens with one attached hydrogen (secondary N) is 1. The normalized spacial score (nSPS) is 22.3. The number of amides is 1. The minimum absolute atomic E-state index is 0.0140. The predicted molar refractivity (Wildman–Crippen MR) is 132 cm³/mol. The lowest BCUT2D eigenvalue weighted by Crippen LogP contribution is -2.43. The number of rotatable bonds is 8. The quantitative estimate of drug-likeness (QED) is 0.433. The largest absolute Gasteiger partial charge is 0.493 e. The molecular formula is C27H34N2O7. The molecule has 1 aliphatic rings. The van der Waals surface area contributed by atoms with Gasteiger partial charge in [-0.2, -0.15) is 0 Å². The molecule has 0 bridgehead atoms. The second-order valence-corrected chi connectivity index (χ2v) is 9.00. The van der Waals surface area contributed by atoms with Gasteiger partial charge >= 0.3 is 11.9 Å². The van der Waals surface area contributed by atoms with Crippen LogP contribution in [0.3, 0.4) is 0 Å². The van der Waals surface area contributed by atoms with Crippen LogP contribution in [0.25, 0.3) is 0 Å². The molecule has 1 aliphatic heterocycles. The van der Waals surface area contributed by atoms with Crippen molar-refractivity contribution >= 4 is 17.8 Å². The highest BCUT2D eigenvalue weighted by atomic mass is 16.7. The third-order valence-corrected chi connectivity index (χ3v) is 6.55. The highest BCUT2D eigenvalue weighted by Crippen LogP contribution is 2.31. The molecule has 1 aromatic carbocycles. The number of aromatic nitrogens is 1. The van der Waals surface area contributed by atoms with Crippen LogP contribution < -0.4 is 14.8 Å². The van der Waals surface area contributed by atoms with Crippen LogP contribution in [0.4, 0.5) is 0 Å². The number of pyridine rings is 1. The molecule has 9 heteroatoms. The van der Waals surface area contributed by atoms with Crippen LogP contribution in [-0.4, -0.2) is 48.9 Å². The van der Waals surface area contributed by atoms with Crippen molar-refractivity contribution < 1.29 is 33.3 Å². The van der Waals surface area contributed by atoms with Crippen molar-refractivity contribution in [3.63, 3.8) is 0 Å². The first kappa shape index (κ1) is 27.0. The van der Waals surface area contributed by atoms with E-state index in [4.69, 9.17) is 18.9 Å². The molecule has 0 radical (unpaired) electrons. The fraction of sp³-hybridized carbons (Fsp3) is 0.481. The summed E-state index contributed by atoms with van der Waals surface area (Å²) < 4.78 is 21.3. The fourth-order valence-electron chi connectivity index (χ4n) is 4.35. The summed E-state index contributed by atoms with van der Waals surface area (Å²) in [4.78, 5) is 41.3. The SMILES string of the molecule is COc1ccnc(C(=O)N[C@H]2CCC[C@H](Cc3ccccc3)[C@@H](C)[C@H](C)OC2=O)c1OCOC(C)=O. The van der Waals surface area contributed by atoms with Crippen molar-refractivity contribution in [3.8, 4) is 11.5 Å². The molecule has 2 aromatic rings. The smallest absolute Gasteiger partial charge is 0.328 e. The molecule has 0 aliphatic carbocycles. The summed E-state index contributed by atoms with van der Waals surface area (Å²) in [6.07, 6.45) is 4.07. The van der Waals surface area contributed by atoms with Crippen molar-refractivity contribution in [1.29, 1.82) is 0 Å². The average Bonchev–Trinajstić information content (AvgIpc) is 2.90. The van der Waals surface area contributed by atoms with E-state index >= 15 is 0 Å². The molecule has 0 saturated carbocycles. The van der Waals surface area contributed by atoms with E-state index in [0.29, 0.717) is 12.3 Å². The molecule has 1 N–H and O–H groups in total. The molecule has 2 heterocycles. The number of nitrogens with zero attached hydrogens (tertiary/aromatic N) is 1. The summed E-state index contributed by atoms with van der Waals surface area (Å²) in [6, 6.07) is 11.0. The number of methoxy groups -OCH3 is 1. The lowest BCUT2D eigenvalue weighted by atomic mass is 9.81. The predicted octanol–water partition coefficient (Wildman–Crippen LogP) is 3.70. The van der Waals surface area contributed by atoms with Gasteiger partial charge in [-0.3, -0.25) is 9.59 Å². The van der Waals surface area contributed by atoms with Gasteiger partial charge in [0.2, 0.25) is 6.79 Å². The van der Waals surface area contributed by atoms with E-state index in [1.165, 1.54) is 31.9 Å². The zero-order valence-corrected chi connectivity index (χ0v) is 21.2. The first-order chi connectivity index (χ1) is 17.3. The molecule has 4 atom stereocenters. The molecule has 0 spiro atoms. The zero-order chi connectivity index (χ0) is 26.1. The van der Waals surface area contributed by atoms with Gasteiger partial charge < -0.3 is 24.3 Å². The highest BCUT2D eigenvalue weighted by Gasteiger charge is 2.33. The maximum atomic E-state index is 13.2. The number of carbonyl (C=O) groups excluding carboxylic acids is 3. The molecular weight excluding hydrogens is 464 g/mol. The number of hydrogen-bond acceptors (Lipinski definition) is 8. The third-order valence-electron chi connectivity index (χ3n) is 6.55. The Balaban J connectivity index is 1.73. The van der Waals surface area contributed by atoms with E-state index in [1.807, 2.05) is 25.1 Å². The van der Waals surface area contributed by atoms with Crippen LogP contribution in [0.2, 0.25) is 0 Å². The molecule has 1 aromatic heterocycles. The van der Waals surface area contributed by atoms with E-state index in [1.54, 1.807) is 0 Å². The molecule has 0 unspecified atom stereocenters. The summed E-state index contributed by atoms with van der Waals surface area (Å²) >= 11 is 0. The van der Waals surface area contributed by atoms with Crippen LogP contribution in [0, 0.1) is 11.8 Å². The Morgan fingerprint density at radius 2 is 1.89 bits per heavy atom. The average molecular weight is 499 g/mol. The number of hydrogen-bond donors (Lipinski definition) is 1. The first-order valence-corrected chi connectivity index (χ1v) is 12.1. The second-order valence-electron chi connectivity index (χ2n) is 9.00. The van der Waals surface area contributed by atoms with Crippen LogP contribution in [0.5, 0.6) is 11.5 Å². The van der Waals surface area contributed by atoms with Gasteiger partial charge in [-0.05, 0) is 43.6 Å². The number of esters is 2. The number of carbonyl (C=O) groups is 3. The molecule has 1 fully saturated rings. The lowest BCUT2D eigenvalue weighted by molar-refractivity contribution is -0.153. The maximum absolute atomic E-state index is 13.2. The Hall–Kier alpha value is -3.62. The summed E-state index contributed by atoms with van der Waals surface area (Å²) in [6.45, 7) is 4.83. The van der Waals surface area contributed by atoms with Crippen molar-refractivity contribution in [1.82, 2.24) is 10.3 Å². The first-order valence-electron chi connectivity index (χ1n) is 12.1. The number of cyclic esters (lactones) is 1. The monoisotopic (exact) mass is 498 g/mol. The minimum atomic E-state index is -0.836. The summed E-state index contributed by atoms with van der Waals surface area (Å²) in [5.41, 5.74) is 1.17. The molecule has 1 saturated heterocycles. The van der Waals surface area contributed by atoms with Crippen LogP contribution in [0.1, 0.15) is 56.1 Å². The highest BCUT2D eigenvalue weighted by molar-refractivity contribution is 5.98. The van der Waals surface area contributed by atoms with Gasteiger partial charge in [0.15, 0.2) is 17.2 Å². The van der Waals surface area contributed by atoms with Crippen LogP contribution >= 0.6 is 0 Å². The topological polar surface area (TPSA) is 113 Å². The van der Waals surface area contributed by atoms with Crippen LogP contribution in [0.15, 0.2) is 42.6 Å². The van der Waals surface area contributed by atoms with E-state index in [9.17, 15) is 14.4 Å². The summed E-state index contributed by atoms with van der Waals surface area (Å²) in [5.74, 6) is -0.879. The van der Waals surface area contributed by atoms with Gasteiger partial charge in [0.05, 0.1) is 7.11 Å². The summed E-state index contributed by atoms with van der Waals surface area (Å²) in [5, 5.41) is 2.75. The Kier molecular flexibility index (Phi) is 9.67. The van der Waals surface area contributed by atoms with E-state index in [0.717, 1.165) is 19.3 Å². The fourth-order valence-corrected chi connectivity index (χ4v) is 4.35. The molecule has 9 nitrogen and oxygen atoms in total.